The third-order valence-electron chi connectivity index (χ3n) is 3.74. The van der Waals surface area contributed by atoms with E-state index in [1.807, 2.05) is 19.1 Å². The fraction of sp³-hybridized carbons (Fsp3) is 0.105. The molecular formula is C19H17ClN4O2S. The monoisotopic (exact) mass is 400 g/mol. The van der Waals surface area contributed by atoms with Crippen molar-refractivity contribution in [3.05, 3.63) is 71.5 Å². The van der Waals surface area contributed by atoms with Crippen LogP contribution in [0.4, 0.5) is 5.69 Å². The first kappa shape index (κ1) is 19.0. The maximum Gasteiger partial charge on any atom is 0.269 e. The molecule has 2 aromatic carbocycles. The van der Waals surface area contributed by atoms with E-state index in [-0.39, 0.29) is 16.9 Å². The number of nitrogens with one attached hydrogen (secondary N) is 1. The lowest BCUT2D eigenvalue weighted by Crippen LogP contribution is -2.22. The first-order chi connectivity index (χ1) is 12.9. The number of primary amides is 1. The Kier molecular flexibility index (Phi) is 5.83. The van der Waals surface area contributed by atoms with Gasteiger partial charge in [-0.2, -0.15) is 5.10 Å². The quantitative estimate of drug-likeness (QED) is 0.616. The molecule has 0 saturated carbocycles. The van der Waals surface area contributed by atoms with Gasteiger partial charge in [0.15, 0.2) is 0 Å². The van der Waals surface area contributed by atoms with Crippen molar-refractivity contribution in [2.24, 2.45) is 5.73 Å². The molecule has 1 heterocycles. The van der Waals surface area contributed by atoms with Crippen LogP contribution in [0.25, 0.3) is 5.69 Å². The number of halogens is 1. The van der Waals surface area contributed by atoms with E-state index >= 15 is 0 Å². The fourth-order valence-corrected chi connectivity index (χ4v) is 3.30. The number of carbonyl (C=O) groups is 2. The highest BCUT2D eigenvalue weighted by Crippen LogP contribution is 2.25. The van der Waals surface area contributed by atoms with Crippen LogP contribution in [-0.4, -0.2) is 26.8 Å². The van der Waals surface area contributed by atoms with E-state index in [2.05, 4.69) is 10.4 Å². The molecule has 6 nitrogen and oxygen atoms in total. The molecule has 0 bridgehead atoms. The second-order valence-corrected chi connectivity index (χ2v) is 7.61. The van der Waals surface area contributed by atoms with Gasteiger partial charge in [0.1, 0.15) is 5.69 Å². The number of anilines is 1. The Balaban J connectivity index is 1.62. The Morgan fingerprint density at radius 2 is 1.78 bits per heavy atom. The van der Waals surface area contributed by atoms with Gasteiger partial charge in [0.2, 0.25) is 5.91 Å². The Morgan fingerprint density at radius 1 is 1.11 bits per heavy atom. The zero-order valence-electron chi connectivity index (χ0n) is 14.4. The molecule has 138 valence electrons. The summed E-state index contributed by atoms with van der Waals surface area (Å²) in [5.74, 6) is -0.678. The van der Waals surface area contributed by atoms with Crippen molar-refractivity contribution >= 4 is 40.9 Å². The minimum absolute atomic E-state index is 0.0993. The average molecular weight is 401 g/mol. The van der Waals surface area contributed by atoms with E-state index in [4.69, 9.17) is 17.3 Å². The van der Waals surface area contributed by atoms with Gasteiger partial charge in [-0.15, -0.1) is 11.8 Å². The van der Waals surface area contributed by atoms with Crippen molar-refractivity contribution in [1.82, 2.24) is 9.78 Å². The molecule has 0 saturated heterocycles. The van der Waals surface area contributed by atoms with Gasteiger partial charge in [0.25, 0.3) is 5.91 Å². The molecule has 0 radical (unpaired) electrons. The fourth-order valence-electron chi connectivity index (χ4n) is 2.31. The Hall–Kier alpha value is -2.77. The molecule has 0 aliphatic heterocycles. The average Bonchev–Trinajstić information content (AvgIpc) is 3.14. The van der Waals surface area contributed by atoms with Crippen LogP contribution in [-0.2, 0) is 4.79 Å². The summed E-state index contributed by atoms with van der Waals surface area (Å²) in [7, 11) is 0. The van der Waals surface area contributed by atoms with Crippen molar-refractivity contribution < 1.29 is 9.59 Å². The van der Waals surface area contributed by atoms with E-state index in [9.17, 15) is 9.59 Å². The number of benzene rings is 2. The van der Waals surface area contributed by atoms with Crippen LogP contribution in [0.3, 0.4) is 0 Å². The minimum atomic E-state index is -0.579. The number of thioether (sulfide) groups is 1. The van der Waals surface area contributed by atoms with E-state index < -0.39 is 5.91 Å². The summed E-state index contributed by atoms with van der Waals surface area (Å²) in [6.45, 7) is 1.85. The van der Waals surface area contributed by atoms with E-state index in [1.54, 1.807) is 53.3 Å². The highest BCUT2D eigenvalue weighted by molar-refractivity contribution is 8.00. The second kappa shape index (κ2) is 8.28. The van der Waals surface area contributed by atoms with Gasteiger partial charge in [0.05, 0.1) is 10.9 Å². The summed E-state index contributed by atoms with van der Waals surface area (Å²) in [6, 6.07) is 16.1. The number of carbonyl (C=O) groups excluding carboxylic acids is 2. The molecule has 0 fully saturated rings. The molecule has 2 amide bonds. The number of hydrogen-bond acceptors (Lipinski definition) is 4. The molecule has 3 rings (SSSR count). The van der Waals surface area contributed by atoms with Crippen molar-refractivity contribution in [2.45, 2.75) is 17.1 Å². The first-order valence-electron chi connectivity index (χ1n) is 8.11. The predicted octanol–water partition coefficient (Wildman–Crippen LogP) is 3.74. The van der Waals surface area contributed by atoms with Crippen LogP contribution >= 0.6 is 23.4 Å². The number of rotatable bonds is 6. The van der Waals surface area contributed by atoms with Crippen LogP contribution in [0.5, 0.6) is 0 Å². The SMILES string of the molecule is CC(Sc1ccc(Cl)cc1)C(=O)Nc1ccc(-n2ccc(C(N)=O)n2)cc1. The maximum absolute atomic E-state index is 12.4. The maximum atomic E-state index is 12.4. The minimum Gasteiger partial charge on any atom is -0.364 e. The smallest absolute Gasteiger partial charge is 0.269 e. The zero-order valence-corrected chi connectivity index (χ0v) is 16.0. The molecule has 3 aromatic rings. The Labute approximate surface area is 165 Å². The molecule has 1 aromatic heterocycles. The normalized spacial score (nSPS) is 11.8. The second-order valence-electron chi connectivity index (χ2n) is 5.76. The van der Waals surface area contributed by atoms with Crippen molar-refractivity contribution in [2.75, 3.05) is 5.32 Å². The predicted molar refractivity (Wildman–Crippen MR) is 107 cm³/mol. The molecule has 0 spiro atoms. The number of nitrogens with two attached hydrogens (primary N) is 1. The van der Waals surface area contributed by atoms with Crippen LogP contribution in [0.1, 0.15) is 17.4 Å². The Morgan fingerprint density at radius 3 is 2.37 bits per heavy atom. The van der Waals surface area contributed by atoms with Crippen molar-refractivity contribution in [3.63, 3.8) is 0 Å². The number of nitrogens with zero attached hydrogens (tertiary/aromatic N) is 2. The van der Waals surface area contributed by atoms with E-state index in [0.717, 1.165) is 10.6 Å². The summed E-state index contributed by atoms with van der Waals surface area (Å²) >= 11 is 7.33. The molecule has 0 aliphatic carbocycles. The third kappa shape index (κ3) is 4.90. The molecule has 3 N–H and O–H groups in total. The first-order valence-corrected chi connectivity index (χ1v) is 9.37. The van der Waals surface area contributed by atoms with Crippen LogP contribution in [0, 0.1) is 0 Å². The van der Waals surface area contributed by atoms with E-state index in [0.29, 0.717) is 10.7 Å². The standard InChI is InChI=1S/C19H17ClN4O2S/c1-12(27-16-8-2-13(20)3-9-16)19(26)22-14-4-6-15(7-5-14)24-11-10-17(23-24)18(21)25/h2-12H,1H3,(H2,21,25)(H,22,26). The highest BCUT2D eigenvalue weighted by Gasteiger charge is 2.15. The van der Waals surface area contributed by atoms with Gasteiger partial charge in [-0.05, 0) is 61.5 Å². The summed E-state index contributed by atoms with van der Waals surface area (Å²) in [5.41, 5.74) is 6.83. The van der Waals surface area contributed by atoms with Gasteiger partial charge in [-0.3, -0.25) is 9.59 Å². The molecule has 0 aliphatic rings. The van der Waals surface area contributed by atoms with Crippen LogP contribution in [0.2, 0.25) is 5.02 Å². The summed E-state index contributed by atoms with van der Waals surface area (Å²) in [4.78, 5) is 24.5. The molecule has 27 heavy (non-hydrogen) atoms. The van der Waals surface area contributed by atoms with Crippen LogP contribution in [0.15, 0.2) is 65.7 Å². The highest BCUT2D eigenvalue weighted by atomic mass is 35.5. The molecular weight excluding hydrogens is 384 g/mol. The van der Waals surface area contributed by atoms with Gasteiger partial charge in [-0.1, -0.05) is 11.6 Å². The van der Waals surface area contributed by atoms with Gasteiger partial charge in [0, 0.05) is 21.8 Å². The zero-order chi connectivity index (χ0) is 19.4. The summed E-state index contributed by atoms with van der Waals surface area (Å²) in [6.07, 6.45) is 1.65. The lowest BCUT2D eigenvalue weighted by molar-refractivity contribution is -0.115. The number of amides is 2. The van der Waals surface area contributed by atoms with E-state index in [1.165, 1.54) is 11.8 Å². The largest absolute Gasteiger partial charge is 0.364 e. The number of aromatic nitrogens is 2. The number of hydrogen-bond donors (Lipinski definition) is 2. The lowest BCUT2D eigenvalue weighted by atomic mass is 10.2. The molecule has 1 unspecified atom stereocenters. The summed E-state index contributed by atoms with van der Waals surface area (Å²) in [5, 5.41) is 7.37. The Bertz CT molecular complexity index is 955. The van der Waals surface area contributed by atoms with Gasteiger partial charge < -0.3 is 11.1 Å². The lowest BCUT2D eigenvalue weighted by Gasteiger charge is -2.12. The van der Waals surface area contributed by atoms with Crippen molar-refractivity contribution in [3.8, 4) is 5.69 Å². The molecule has 1 atom stereocenters. The van der Waals surface area contributed by atoms with Crippen molar-refractivity contribution in [1.29, 1.82) is 0 Å². The van der Waals surface area contributed by atoms with Gasteiger partial charge >= 0.3 is 0 Å². The summed E-state index contributed by atoms with van der Waals surface area (Å²) < 4.78 is 1.55. The molecule has 8 heteroatoms. The van der Waals surface area contributed by atoms with Gasteiger partial charge in [-0.25, -0.2) is 4.68 Å². The third-order valence-corrected chi connectivity index (χ3v) is 5.10. The van der Waals surface area contributed by atoms with Crippen LogP contribution < -0.4 is 11.1 Å². The topological polar surface area (TPSA) is 90.0 Å².